The topological polar surface area (TPSA) is 28.2 Å². The number of hydrogen-bond donors (Lipinski definition) is 1. The smallest absolute Gasteiger partial charge is 0.107 e. The summed E-state index contributed by atoms with van der Waals surface area (Å²) in [4.78, 5) is 6.87. The van der Waals surface area contributed by atoms with Crippen LogP contribution in [0.4, 0.5) is 0 Å². The normalized spacial score (nSPS) is 27.5. The summed E-state index contributed by atoms with van der Waals surface area (Å²) in [5, 5.41) is 6.77. The number of piperidine rings is 1. The number of nitrogens with one attached hydrogen (secondary N) is 1. The Bertz CT molecular complexity index is 343. The Labute approximate surface area is 101 Å². The van der Waals surface area contributed by atoms with Crippen LogP contribution in [0, 0.1) is 5.41 Å². The molecule has 1 saturated heterocycles. The van der Waals surface area contributed by atoms with Gasteiger partial charge in [0.1, 0.15) is 5.01 Å². The van der Waals surface area contributed by atoms with E-state index >= 15 is 0 Å². The molecular weight excluding hydrogens is 218 g/mol. The minimum absolute atomic E-state index is 0.650. The fourth-order valence-electron chi connectivity index (χ4n) is 3.07. The van der Waals surface area contributed by atoms with Crippen LogP contribution in [-0.4, -0.2) is 36.1 Å². The fourth-order valence-corrected chi connectivity index (χ4v) is 3.74. The third-order valence-electron chi connectivity index (χ3n) is 4.15. The molecule has 1 aromatic heterocycles. The van der Waals surface area contributed by atoms with Crippen molar-refractivity contribution < 1.29 is 0 Å². The van der Waals surface area contributed by atoms with E-state index in [0.717, 1.165) is 12.6 Å². The molecule has 1 unspecified atom stereocenters. The van der Waals surface area contributed by atoms with Crippen LogP contribution in [-0.2, 0) is 6.54 Å². The minimum Gasteiger partial charge on any atom is -0.317 e. The van der Waals surface area contributed by atoms with Crippen molar-refractivity contribution in [1.82, 2.24) is 15.2 Å². The lowest BCUT2D eigenvalue weighted by molar-refractivity contribution is 0.231. The molecule has 1 saturated carbocycles. The van der Waals surface area contributed by atoms with Crippen molar-refractivity contribution in [3.05, 3.63) is 16.6 Å². The molecule has 1 atom stereocenters. The van der Waals surface area contributed by atoms with Gasteiger partial charge in [0, 0.05) is 17.6 Å². The van der Waals surface area contributed by atoms with Gasteiger partial charge < -0.3 is 5.32 Å². The van der Waals surface area contributed by atoms with Crippen LogP contribution in [0.25, 0.3) is 0 Å². The van der Waals surface area contributed by atoms with E-state index in [1.165, 1.54) is 37.4 Å². The molecule has 0 radical (unpaired) electrons. The Morgan fingerprint density at radius 1 is 1.56 bits per heavy atom. The molecule has 16 heavy (non-hydrogen) atoms. The van der Waals surface area contributed by atoms with Gasteiger partial charge in [0.15, 0.2) is 0 Å². The van der Waals surface area contributed by atoms with Gasteiger partial charge in [-0.25, -0.2) is 4.98 Å². The van der Waals surface area contributed by atoms with Gasteiger partial charge in [-0.1, -0.05) is 0 Å². The Morgan fingerprint density at radius 2 is 2.38 bits per heavy atom. The maximum absolute atomic E-state index is 4.36. The molecule has 0 amide bonds. The molecule has 1 aliphatic carbocycles. The Kier molecular flexibility index (Phi) is 2.73. The summed E-state index contributed by atoms with van der Waals surface area (Å²) in [6, 6.07) is 0.804. The van der Waals surface area contributed by atoms with Crippen molar-refractivity contribution in [3.63, 3.8) is 0 Å². The molecule has 1 N–H and O–H groups in total. The third-order valence-corrected chi connectivity index (χ3v) is 4.91. The maximum atomic E-state index is 4.36. The zero-order valence-corrected chi connectivity index (χ0v) is 10.6. The molecule has 0 aromatic carbocycles. The number of thiazole rings is 1. The first-order valence-electron chi connectivity index (χ1n) is 6.09. The number of aromatic nitrogens is 1. The van der Waals surface area contributed by atoms with E-state index < -0.39 is 0 Å². The van der Waals surface area contributed by atoms with E-state index in [1.807, 2.05) is 6.20 Å². The van der Waals surface area contributed by atoms with Crippen LogP contribution < -0.4 is 5.32 Å². The van der Waals surface area contributed by atoms with Gasteiger partial charge in [-0.05, 0) is 44.8 Å². The summed E-state index contributed by atoms with van der Waals surface area (Å²) in [6.45, 7) is 3.45. The van der Waals surface area contributed by atoms with Crippen molar-refractivity contribution in [3.8, 4) is 0 Å². The summed E-state index contributed by atoms with van der Waals surface area (Å²) >= 11 is 1.77. The zero-order chi connectivity index (χ0) is 11.0. The maximum Gasteiger partial charge on any atom is 0.107 e. The zero-order valence-electron chi connectivity index (χ0n) is 9.78. The second-order valence-corrected chi connectivity index (χ2v) is 6.15. The van der Waals surface area contributed by atoms with Crippen molar-refractivity contribution in [2.75, 3.05) is 20.1 Å². The predicted molar refractivity (Wildman–Crippen MR) is 66.5 cm³/mol. The van der Waals surface area contributed by atoms with E-state index in [1.54, 1.807) is 11.3 Å². The average Bonchev–Trinajstić information content (AvgIpc) is 2.76. The third kappa shape index (κ3) is 1.90. The van der Waals surface area contributed by atoms with Crippen LogP contribution in [0.5, 0.6) is 0 Å². The fraction of sp³-hybridized carbons (Fsp3) is 0.750. The summed E-state index contributed by atoms with van der Waals surface area (Å²) in [6.07, 6.45) is 6.03. The second-order valence-electron chi connectivity index (χ2n) is 5.17. The summed E-state index contributed by atoms with van der Waals surface area (Å²) in [5.74, 6) is 0. The molecule has 3 rings (SSSR count). The highest BCUT2D eigenvalue weighted by Crippen LogP contribution is 2.55. The van der Waals surface area contributed by atoms with Crippen molar-refractivity contribution in [1.29, 1.82) is 0 Å². The minimum atomic E-state index is 0.650. The van der Waals surface area contributed by atoms with E-state index in [4.69, 9.17) is 0 Å². The van der Waals surface area contributed by atoms with Gasteiger partial charge in [0.2, 0.25) is 0 Å². The number of nitrogens with zero attached hydrogens (tertiary/aromatic N) is 2. The molecule has 2 heterocycles. The number of rotatable bonds is 3. The highest BCUT2D eigenvalue weighted by molar-refractivity contribution is 7.09. The molecule has 2 aliphatic rings. The summed E-state index contributed by atoms with van der Waals surface area (Å²) in [7, 11) is 2.25. The van der Waals surface area contributed by atoms with Crippen LogP contribution in [0.2, 0.25) is 0 Å². The lowest BCUT2D eigenvalue weighted by atomic mass is 9.93. The van der Waals surface area contributed by atoms with Gasteiger partial charge >= 0.3 is 0 Å². The molecule has 2 fully saturated rings. The van der Waals surface area contributed by atoms with Gasteiger partial charge in [-0.15, -0.1) is 11.3 Å². The summed E-state index contributed by atoms with van der Waals surface area (Å²) < 4.78 is 0. The lowest BCUT2D eigenvalue weighted by Gasteiger charge is -2.26. The molecule has 0 bridgehead atoms. The van der Waals surface area contributed by atoms with Crippen LogP contribution in [0.3, 0.4) is 0 Å². The average molecular weight is 237 g/mol. The lowest BCUT2D eigenvalue weighted by Crippen LogP contribution is -2.34. The summed E-state index contributed by atoms with van der Waals surface area (Å²) in [5.41, 5.74) is 0.650. The first-order chi connectivity index (χ1) is 7.80. The van der Waals surface area contributed by atoms with Crippen molar-refractivity contribution >= 4 is 11.3 Å². The Morgan fingerprint density at radius 3 is 3.06 bits per heavy atom. The first kappa shape index (κ1) is 10.7. The van der Waals surface area contributed by atoms with Crippen LogP contribution in [0.15, 0.2) is 11.6 Å². The second kappa shape index (κ2) is 4.09. The van der Waals surface area contributed by atoms with Gasteiger partial charge in [0.25, 0.3) is 0 Å². The largest absolute Gasteiger partial charge is 0.317 e. The van der Waals surface area contributed by atoms with E-state index in [2.05, 4.69) is 27.6 Å². The van der Waals surface area contributed by atoms with E-state index in [-0.39, 0.29) is 0 Å². The van der Waals surface area contributed by atoms with E-state index in [0.29, 0.717) is 5.41 Å². The molecule has 1 spiro atoms. The van der Waals surface area contributed by atoms with Crippen molar-refractivity contribution in [2.24, 2.45) is 5.41 Å². The Hall–Kier alpha value is -0.450. The first-order valence-corrected chi connectivity index (χ1v) is 6.97. The highest BCUT2D eigenvalue weighted by atomic mass is 32.1. The molecule has 3 nitrogen and oxygen atoms in total. The Balaban J connectivity index is 1.59. The number of hydrogen-bond acceptors (Lipinski definition) is 4. The van der Waals surface area contributed by atoms with Gasteiger partial charge in [-0.2, -0.15) is 0 Å². The van der Waals surface area contributed by atoms with Crippen molar-refractivity contribution in [2.45, 2.75) is 31.8 Å². The monoisotopic (exact) mass is 237 g/mol. The predicted octanol–water partition coefficient (Wildman–Crippen LogP) is 1.72. The van der Waals surface area contributed by atoms with E-state index in [9.17, 15) is 0 Å². The van der Waals surface area contributed by atoms with Crippen LogP contribution in [0.1, 0.15) is 24.3 Å². The molecular formula is C12H19N3S. The SMILES string of the molecule is CN(Cc1nccs1)C1CC12CCNCC2. The molecule has 88 valence electrons. The molecule has 4 heteroatoms. The highest BCUT2D eigenvalue weighted by Gasteiger charge is 2.55. The van der Waals surface area contributed by atoms with Crippen LogP contribution >= 0.6 is 11.3 Å². The van der Waals surface area contributed by atoms with Gasteiger partial charge in [0.05, 0.1) is 6.54 Å². The molecule has 1 aromatic rings. The quantitative estimate of drug-likeness (QED) is 0.867. The van der Waals surface area contributed by atoms with Gasteiger partial charge in [-0.3, -0.25) is 4.90 Å². The molecule has 1 aliphatic heterocycles. The standard InChI is InChI=1S/C12H19N3S/c1-15(9-11-14-6-7-16-11)10-8-12(10)2-4-13-5-3-12/h6-7,10,13H,2-5,8-9H2,1H3.